The van der Waals surface area contributed by atoms with E-state index >= 15 is 0 Å². The van der Waals surface area contributed by atoms with Gasteiger partial charge in [0.25, 0.3) is 5.69 Å². The molecule has 0 saturated heterocycles. The monoisotopic (exact) mass is 487 g/mol. The molecule has 0 saturated carbocycles. The highest BCUT2D eigenvalue weighted by Gasteiger charge is 2.11. The van der Waals surface area contributed by atoms with Gasteiger partial charge in [-0.1, -0.05) is 58.4 Å². The number of nitro benzene ring substituents is 1. The van der Waals surface area contributed by atoms with Crippen molar-refractivity contribution >= 4 is 33.6 Å². The van der Waals surface area contributed by atoms with Gasteiger partial charge in [0, 0.05) is 40.8 Å². The highest BCUT2D eigenvalue weighted by Crippen LogP contribution is 2.26. The standard InChI is InChI=1S/C24H18BrN5O2/c1-29(26-16-17-7-13-21(14-8-17)30(31)32)23-15-22(18-5-3-2-4-6-18)27-24(28-23)19-9-11-20(25)12-10-19/h2-16H,1H3/b26-16-. The predicted octanol–water partition coefficient (Wildman–Crippen LogP) is 5.95. The van der Waals surface area contributed by atoms with E-state index in [0.29, 0.717) is 11.6 Å². The summed E-state index contributed by atoms with van der Waals surface area (Å²) in [5.74, 6) is 1.21. The molecule has 0 N–H and O–H groups in total. The Bertz CT molecular complexity index is 1260. The van der Waals surface area contributed by atoms with Gasteiger partial charge in [-0.25, -0.2) is 9.97 Å². The molecule has 158 valence electrons. The van der Waals surface area contributed by atoms with E-state index in [4.69, 9.17) is 9.97 Å². The molecular formula is C24H18BrN5O2. The summed E-state index contributed by atoms with van der Waals surface area (Å²) in [5.41, 5.74) is 3.43. The van der Waals surface area contributed by atoms with E-state index in [1.165, 1.54) is 12.1 Å². The molecule has 4 rings (SSSR count). The molecule has 0 atom stereocenters. The van der Waals surface area contributed by atoms with Gasteiger partial charge in [-0.2, -0.15) is 5.10 Å². The van der Waals surface area contributed by atoms with Crippen LogP contribution in [-0.4, -0.2) is 28.2 Å². The van der Waals surface area contributed by atoms with Crippen molar-refractivity contribution in [2.45, 2.75) is 0 Å². The van der Waals surface area contributed by atoms with E-state index in [1.54, 1.807) is 30.4 Å². The summed E-state index contributed by atoms with van der Waals surface area (Å²) < 4.78 is 0.977. The summed E-state index contributed by atoms with van der Waals surface area (Å²) in [7, 11) is 1.80. The van der Waals surface area contributed by atoms with Gasteiger partial charge in [0.1, 0.15) is 0 Å². The predicted molar refractivity (Wildman–Crippen MR) is 130 cm³/mol. The minimum absolute atomic E-state index is 0.0398. The van der Waals surface area contributed by atoms with E-state index < -0.39 is 4.92 Å². The lowest BCUT2D eigenvalue weighted by Gasteiger charge is -2.15. The first kappa shape index (κ1) is 21.3. The molecule has 0 aliphatic carbocycles. The van der Waals surface area contributed by atoms with Crippen LogP contribution in [0.15, 0.2) is 94.5 Å². The SMILES string of the molecule is CN(/N=C\c1ccc([N+](=O)[O-])cc1)c1cc(-c2ccccc2)nc(-c2ccc(Br)cc2)n1. The lowest BCUT2D eigenvalue weighted by Crippen LogP contribution is -2.12. The molecule has 3 aromatic carbocycles. The van der Waals surface area contributed by atoms with Crippen LogP contribution in [-0.2, 0) is 0 Å². The molecule has 0 bridgehead atoms. The first-order valence-electron chi connectivity index (χ1n) is 9.72. The normalized spacial score (nSPS) is 10.9. The summed E-state index contributed by atoms with van der Waals surface area (Å²) in [6.07, 6.45) is 1.63. The summed E-state index contributed by atoms with van der Waals surface area (Å²) in [6, 6.07) is 25.8. The maximum Gasteiger partial charge on any atom is 0.269 e. The summed E-state index contributed by atoms with van der Waals surface area (Å²) in [6.45, 7) is 0. The summed E-state index contributed by atoms with van der Waals surface area (Å²) >= 11 is 3.46. The molecule has 0 unspecified atom stereocenters. The third-order valence-corrected chi connectivity index (χ3v) is 5.23. The molecule has 4 aromatic rings. The Labute approximate surface area is 193 Å². The number of aromatic nitrogens is 2. The van der Waals surface area contributed by atoms with Gasteiger partial charge in [-0.15, -0.1) is 0 Å². The number of nitrogens with zero attached hydrogens (tertiary/aromatic N) is 5. The molecule has 32 heavy (non-hydrogen) atoms. The number of benzene rings is 3. The van der Waals surface area contributed by atoms with E-state index in [9.17, 15) is 10.1 Å². The van der Waals surface area contributed by atoms with E-state index in [-0.39, 0.29) is 5.69 Å². The molecule has 0 aliphatic rings. The minimum atomic E-state index is -0.428. The largest absolute Gasteiger partial charge is 0.269 e. The fraction of sp³-hybridized carbons (Fsp3) is 0.0417. The van der Waals surface area contributed by atoms with Gasteiger partial charge < -0.3 is 0 Å². The molecule has 1 heterocycles. The minimum Gasteiger partial charge on any atom is -0.258 e. The number of hydrogen-bond acceptors (Lipinski definition) is 6. The van der Waals surface area contributed by atoms with Crippen molar-refractivity contribution in [2.75, 3.05) is 12.1 Å². The van der Waals surface area contributed by atoms with Crippen LogP contribution in [0.5, 0.6) is 0 Å². The van der Waals surface area contributed by atoms with Crippen LogP contribution in [0.1, 0.15) is 5.56 Å². The third-order valence-electron chi connectivity index (χ3n) is 4.70. The fourth-order valence-electron chi connectivity index (χ4n) is 2.98. The second-order valence-electron chi connectivity index (χ2n) is 6.92. The molecule has 0 radical (unpaired) electrons. The van der Waals surface area contributed by atoms with Gasteiger partial charge in [-0.3, -0.25) is 15.1 Å². The van der Waals surface area contributed by atoms with Gasteiger partial charge >= 0.3 is 0 Å². The average molecular weight is 488 g/mol. The molecule has 0 aliphatic heterocycles. The van der Waals surface area contributed by atoms with Crippen molar-refractivity contribution in [1.29, 1.82) is 0 Å². The highest BCUT2D eigenvalue weighted by molar-refractivity contribution is 9.10. The zero-order valence-electron chi connectivity index (χ0n) is 17.1. The maximum absolute atomic E-state index is 10.8. The van der Waals surface area contributed by atoms with Crippen molar-refractivity contribution in [3.63, 3.8) is 0 Å². The zero-order chi connectivity index (χ0) is 22.5. The first-order chi connectivity index (χ1) is 15.5. The molecule has 8 heteroatoms. The Morgan fingerprint density at radius 1 is 0.938 bits per heavy atom. The van der Waals surface area contributed by atoms with Gasteiger partial charge in [0.15, 0.2) is 11.6 Å². The number of non-ortho nitro benzene ring substituents is 1. The van der Waals surface area contributed by atoms with E-state index in [2.05, 4.69) is 21.0 Å². The number of halogens is 1. The number of anilines is 1. The van der Waals surface area contributed by atoms with Crippen molar-refractivity contribution in [1.82, 2.24) is 9.97 Å². The average Bonchev–Trinajstić information content (AvgIpc) is 2.83. The van der Waals surface area contributed by atoms with Crippen molar-refractivity contribution in [2.24, 2.45) is 5.10 Å². The second kappa shape index (κ2) is 9.49. The molecule has 7 nitrogen and oxygen atoms in total. The second-order valence-corrected chi connectivity index (χ2v) is 7.84. The molecule has 0 fully saturated rings. The number of hydrazone groups is 1. The molecule has 1 aromatic heterocycles. The Morgan fingerprint density at radius 3 is 2.28 bits per heavy atom. The molecular weight excluding hydrogens is 470 g/mol. The van der Waals surface area contributed by atoms with E-state index in [1.807, 2.05) is 60.7 Å². The van der Waals surface area contributed by atoms with Crippen LogP contribution in [0.2, 0.25) is 0 Å². The first-order valence-corrected chi connectivity index (χ1v) is 10.5. The fourth-order valence-corrected chi connectivity index (χ4v) is 3.24. The Morgan fingerprint density at radius 2 is 1.62 bits per heavy atom. The van der Waals surface area contributed by atoms with Crippen LogP contribution in [0.4, 0.5) is 11.5 Å². The lowest BCUT2D eigenvalue weighted by atomic mass is 10.1. The van der Waals surface area contributed by atoms with Crippen LogP contribution in [0.3, 0.4) is 0 Å². The van der Waals surface area contributed by atoms with Crippen LogP contribution in [0, 0.1) is 10.1 Å². The molecule has 0 amide bonds. The van der Waals surface area contributed by atoms with Crippen LogP contribution < -0.4 is 5.01 Å². The third kappa shape index (κ3) is 5.04. The Balaban J connectivity index is 1.69. The lowest BCUT2D eigenvalue weighted by molar-refractivity contribution is -0.384. The number of hydrogen-bond donors (Lipinski definition) is 0. The number of rotatable bonds is 6. The van der Waals surface area contributed by atoms with Gasteiger partial charge in [-0.05, 0) is 29.8 Å². The Kier molecular flexibility index (Phi) is 6.32. The zero-order valence-corrected chi connectivity index (χ0v) is 18.7. The topological polar surface area (TPSA) is 84.5 Å². The van der Waals surface area contributed by atoms with Crippen LogP contribution in [0.25, 0.3) is 22.6 Å². The van der Waals surface area contributed by atoms with Gasteiger partial charge in [0.2, 0.25) is 0 Å². The van der Waals surface area contributed by atoms with Crippen molar-refractivity contribution in [3.05, 3.63) is 105 Å². The number of nitro groups is 1. The highest BCUT2D eigenvalue weighted by atomic mass is 79.9. The summed E-state index contributed by atoms with van der Waals surface area (Å²) in [4.78, 5) is 19.9. The quantitative estimate of drug-likeness (QED) is 0.190. The van der Waals surface area contributed by atoms with Crippen molar-refractivity contribution < 1.29 is 4.92 Å². The van der Waals surface area contributed by atoms with Gasteiger partial charge in [0.05, 0.1) is 16.8 Å². The summed E-state index contributed by atoms with van der Waals surface area (Å²) in [5, 5.41) is 16.9. The molecule has 0 spiro atoms. The maximum atomic E-state index is 10.8. The van der Waals surface area contributed by atoms with E-state index in [0.717, 1.165) is 26.9 Å². The van der Waals surface area contributed by atoms with Crippen LogP contribution >= 0.6 is 15.9 Å². The smallest absolute Gasteiger partial charge is 0.258 e. The van der Waals surface area contributed by atoms with Crippen molar-refractivity contribution in [3.8, 4) is 22.6 Å². The Hall–Kier alpha value is -3.91.